The van der Waals surface area contributed by atoms with E-state index in [0.717, 1.165) is 18.8 Å². The number of aryl methyl sites for hydroxylation is 1. The largest absolute Gasteiger partial charge is 0.496 e. The fourth-order valence-electron chi connectivity index (χ4n) is 4.03. The van der Waals surface area contributed by atoms with Crippen molar-refractivity contribution in [3.63, 3.8) is 0 Å². The lowest BCUT2D eigenvalue weighted by Gasteiger charge is -2.54. The van der Waals surface area contributed by atoms with Gasteiger partial charge >= 0.3 is 0 Å². The Balaban J connectivity index is 2.26. The molecule has 1 saturated carbocycles. The van der Waals surface area contributed by atoms with Gasteiger partial charge in [-0.25, -0.2) is 0 Å². The number of methoxy groups -OCH3 is 1. The van der Waals surface area contributed by atoms with Gasteiger partial charge in [0.2, 0.25) is 0 Å². The van der Waals surface area contributed by atoms with E-state index in [0.29, 0.717) is 11.3 Å². The van der Waals surface area contributed by atoms with Crippen molar-refractivity contribution in [2.75, 3.05) is 20.2 Å². The van der Waals surface area contributed by atoms with Crippen LogP contribution in [0.1, 0.15) is 51.7 Å². The second kappa shape index (κ2) is 6.00. The SMILES string of the molecule is COc1ccc(C)cc1C1(CNCC(C)C)CC(C)(C)C1. The highest BCUT2D eigenvalue weighted by Crippen LogP contribution is 2.56. The lowest BCUT2D eigenvalue weighted by atomic mass is 9.51. The van der Waals surface area contributed by atoms with Crippen LogP contribution < -0.4 is 10.1 Å². The summed E-state index contributed by atoms with van der Waals surface area (Å²) in [4.78, 5) is 0. The first-order valence-electron chi connectivity index (χ1n) is 8.14. The van der Waals surface area contributed by atoms with Crippen LogP contribution in [0.5, 0.6) is 5.75 Å². The van der Waals surface area contributed by atoms with E-state index in [2.05, 4.69) is 58.1 Å². The topological polar surface area (TPSA) is 21.3 Å². The zero-order chi connectivity index (χ0) is 15.7. The lowest BCUT2D eigenvalue weighted by Crippen LogP contribution is -2.53. The maximum absolute atomic E-state index is 5.65. The van der Waals surface area contributed by atoms with E-state index in [4.69, 9.17) is 4.74 Å². The van der Waals surface area contributed by atoms with Crippen molar-refractivity contribution >= 4 is 0 Å². The van der Waals surface area contributed by atoms with E-state index in [1.165, 1.54) is 24.0 Å². The molecule has 0 radical (unpaired) electrons. The minimum Gasteiger partial charge on any atom is -0.496 e. The van der Waals surface area contributed by atoms with Crippen molar-refractivity contribution in [2.24, 2.45) is 11.3 Å². The Kier molecular flexibility index (Phi) is 4.67. The van der Waals surface area contributed by atoms with Gasteiger partial charge in [0.05, 0.1) is 7.11 Å². The van der Waals surface area contributed by atoms with Crippen molar-refractivity contribution in [2.45, 2.75) is 52.9 Å². The zero-order valence-electron chi connectivity index (χ0n) is 14.5. The van der Waals surface area contributed by atoms with Crippen LogP contribution >= 0.6 is 0 Å². The Morgan fingerprint density at radius 3 is 2.43 bits per heavy atom. The second-order valence-corrected chi connectivity index (χ2v) is 8.03. The molecule has 1 aromatic rings. The molecule has 1 N–H and O–H groups in total. The molecule has 0 saturated heterocycles. The molecule has 2 nitrogen and oxygen atoms in total. The Hall–Kier alpha value is -1.02. The number of hydrogen-bond donors (Lipinski definition) is 1. The van der Waals surface area contributed by atoms with Crippen molar-refractivity contribution in [3.8, 4) is 5.75 Å². The minimum absolute atomic E-state index is 0.232. The first-order valence-corrected chi connectivity index (χ1v) is 8.14. The quantitative estimate of drug-likeness (QED) is 0.842. The maximum atomic E-state index is 5.65. The van der Waals surface area contributed by atoms with E-state index in [-0.39, 0.29) is 5.41 Å². The summed E-state index contributed by atoms with van der Waals surface area (Å²) >= 11 is 0. The Morgan fingerprint density at radius 1 is 1.24 bits per heavy atom. The Morgan fingerprint density at radius 2 is 1.90 bits per heavy atom. The zero-order valence-corrected chi connectivity index (χ0v) is 14.5. The molecule has 21 heavy (non-hydrogen) atoms. The Labute approximate surface area is 130 Å². The molecule has 0 bridgehead atoms. The summed E-state index contributed by atoms with van der Waals surface area (Å²) in [6, 6.07) is 6.59. The summed E-state index contributed by atoms with van der Waals surface area (Å²) in [7, 11) is 1.78. The Bertz CT molecular complexity index is 482. The molecule has 1 fully saturated rings. The van der Waals surface area contributed by atoms with Crippen molar-refractivity contribution in [1.82, 2.24) is 5.32 Å². The first-order chi connectivity index (χ1) is 9.78. The van der Waals surface area contributed by atoms with Gasteiger partial charge in [0.25, 0.3) is 0 Å². The van der Waals surface area contributed by atoms with Gasteiger partial charge in [-0.15, -0.1) is 0 Å². The second-order valence-electron chi connectivity index (χ2n) is 8.03. The third kappa shape index (κ3) is 3.60. The molecule has 0 amide bonds. The summed E-state index contributed by atoms with van der Waals surface area (Å²) < 4.78 is 5.65. The fourth-order valence-corrected chi connectivity index (χ4v) is 4.03. The first kappa shape index (κ1) is 16.4. The highest BCUT2D eigenvalue weighted by molar-refractivity contribution is 5.45. The van der Waals surface area contributed by atoms with Gasteiger partial charge in [-0.2, -0.15) is 0 Å². The molecule has 1 aliphatic rings. The summed E-state index contributed by atoms with van der Waals surface area (Å²) in [5.74, 6) is 1.73. The van der Waals surface area contributed by atoms with Crippen LogP contribution in [0.4, 0.5) is 0 Å². The van der Waals surface area contributed by atoms with Gasteiger partial charge in [-0.1, -0.05) is 45.4 Å². The van der Waals surface area contributed by atoms with Crippen LogP contribution in [0.25, 0.3) is 0 Å². The monoisotopic (exact) mass is 289 g/mol. The summed E-state index contributed by atoms with van der Waals surface area (Å²) in [6.07, 6.45) is 2.45. The summed E-state index contributed by atoms with van der Waals surface area (Å²) in [5, 5.41) is 3.68. The van der Waals surface area contributed by atoms with E-state index < -0.39 is 0 Å². The molecular weight excluding hydrogens is 258 g/mol. The summed E-state index contributed by atoms with van der Waals surface area (Å²) in [5.41, 5.74) is 3.38. The molecule has 2 rings (SSSR count). The summed E-state index contributed by atoms with van der Waals surface area (Å²) in [6.45, 7) is 13.6. The highest BCUT2D eigenvalue weighted by atomic mass is 16.5. The van der Waals surface area contributed by atoms with E-state index >= 15 is 0 Å². The number of ether oxygens (including phenoxy) is 1. The number of nitrogens with one attached hydrogen (secondary N) is 1. The molecule has 0 atom stereocenters. The fraction of sp³-hybridized carbons (Fsp3) is 0.684. The third-order valence-corrected chi connectivity index (χ3v) is 4.58. The number of hydrogen-bond acceptors (Lipinski definition) is 2. The van der Waals surface area contributed by atoms with Crippen molar-refractivity contribution < 1.29 is 4.74 Å². The third-order valence-electron chi connectivity index (χ3n) is 4.58. The van der Waals surface area contributed by atoms with Gasteiger partial charge in [0.15, 0.2) is 0 Å². The lowest BCUT2D eigenvalue weighted by molar-refractivity contribution is 0.0539. The van der Waals surface area contributed by atoms with E-state index in [1.54, 1.807) is 7.11 Å². The molecule has 0 spiro atoms. The smallest absolute Gasteiger partial charge is 0.122 e. The van der Waals surface area contributed by atoms with Crippen LogP contribution in [-0.4, -0.2) is 20.2 Å². The van der Waals surface area contributed by atoms with Gasteiger partial charge in [0.1, 0.15) is 5.75 Å². The molecule has 2 heteroatoms. The average Bonchev–Trinajstić information content (AvgIpc) is 2.35. The highest BCUT2D eigenvalue weighted by Gasteiger charge is 2.51. The predicted octanol–water partition coefficient (Wildman–Crippen LogP) is 4.31. The van der Waals surface area contributed by atoms with E-state index in [9.17, 15) is 0 Å². The number of benzene rings is 1. The van der Waals surface area contributed by atoms with Gasteiger partial charge in [-0.3, -0.25) is 0 Å². The van der Waals surface area contributed by atoms with Crippen molar-refractivity contribution in [3.05, 3.63) is 29.3 Å². The molecule has 0 heterocycles. The van der Waals surface area contributed by atoms with E-state index in [1.807, 2.05) is 0 Å². The van der Waals surface area contributed by atoms with Crippen molar-refractivity contribution in [1.29, 1.82) is 0 Å². The number of rotatable bonds is 6. The average molecular weight is 289 g/mol. The molecule has 1 aliphatic carbocycles. The predicted molar refractivity (Wildman–Crippen MR) is 90.1 cm³/mol. The van der Waals surface area contributed by atoms with Crippen LogP contribution in [0.15, 0.2) is 18.2 Å². The molecule has 0 aliphatic heterocycles. The minimum atomic E-state index is 0.232. The molecule has 1 aromatic carbocycles. The van der Waals surface area contributed by atoms with Crippen LogP contribution in [-0.2, 0) is 5.41 Å². The van der Waals surface area contributed by atoms with Gasteiger partial charge in [-0.05, 0) is 43.7 Å². The maximum Gasteiger partial charge on any atom is 0.122 e. The molecule has 118 valence electrons. The molecule has 0 unspecified atom stereocenters. The standard InChI is InChI=1S/C19H31NO/c1-14(2)10-20-13-19(11-18(4,5)12-19)16-9-15(3)7-8-17(16)21-6/h7-9,14,20H,10-13H2,1-6H3. The van der Waals surface area contributed by atoms with Crippen LogP contribution in [0.3, 0.4) is 0 Å². The van der Waals surface area contributed by atoms with Gasteiger partial charge < -0.3 is 10.1 Å². The molecular formula is C19H31NO. The van der Waals surface area contributed by atoms with Crippen LogP contribution in [0, 0.1) is 18.3 Å². The van der Waals surface area contributed by atoms with Crippen LogP contribution in [0.2, 0.25) is 0 Å². The normalized spacial score (nSPS) is 19.4. The van der Waals surface area contributed by atoms with Gasteiger partial charge in [0, 0.05) is 17.5 Å². The molecule has 0 aromatic heterocycles.